The number of nitrogens with one attached hydrogen (secondary N) is 2. The second-order valence-electron chi connectivity index (χ2n) is 3.60. The number of halogens is 2. The Morgan fingerprint density at radius 1 is 1.38 bits per heavy atom. The van der Waals surface area contributed by atoms with Crippen LogP contribution >= 0.6 is 12.4 Å². The number of rotatable bonds is 2. The van der Waals surface area contributed by atoms with Crippen LogP contribution in [0, 0.1) is 5.82 Å². The van der Waals surface area contributed by atoms with Gasteiger partial charge in [0.15, 0.2) is 0 Å². The third kappa shape index (κ3) is 2.84. The van der Waals surface area contributed by atoms with Crippen LogP contribution in [0.1, 0.15) is 11.6 Å². The summed E-state index contributed by atoms with van der Waals surface area (Å²) in [5.41, 5.74) is 0.879. The Labute approximate surface area is 101 Å². The number of benzene rings is 1. The Hall–Kier alpha value is -0.840. The third-order valence-electron chi connectivity index (χ3n) is 2.61. The van der Waals surface area contributed by atoms with Gasteiger partial charge in [-0.2, -0.15) is 0 Å². The van der Waals surface area contributed by atoms with Crippen molar-refractivity contribution in [1.29, 1.82) is 0 Å². The minimum absolute atomic E-state index is 0. The summed E-state index contributed by atoms with van der Waals surface area (Å²) in [7, 11) is 1.60. The molecule has 1 aliphatic rings. The van der Waals surface area contributed by atoms with E-state index in [0.29, 0.717) is 0 Å². The molecule has 2 rings (SSSR count). The van der Waals surface area contributed by atoms with E-state index >= 15 is 0 Å². The van der Waals surface area contributed by atoms with Gasteiger partial charge < -0.3 is 15.4 Å². The molecule has 0 radical (unpaired) electrons. The fourth-order valence-corrected chi connectivity index (χ4v) is 1.85. The molecule has 0 spiro atoms. The highest BCUT2D eigenvalue weighted by molar-refractivity contribution is 5.85. The van der Waals surface area contributed by atoms with E-state index in [1.165, 1.54) is 12.1 Å². The molecule has 90 valence electrons. The molecule has 0 aromatic heterocycles. The number of methoxy groups -OCH3 is 1. The highest BCUT2D eigenvalue weighted by Crippen LogP contribution is 2.26. The normalized spacial score (nSPS) is 20.0. The summed E-state index contributed by atoms with van der Waals surface area (Å²) in [4.78, 5) is 0. The highest BCUT2D eigenvalue weighted by atomic mass is 35.5. The van der Waals surface area contributed by atoms with Crippen molar-refractivity contribution in [2.75, 3.05) is 26.7 Å². The number of hydrogen-bond donors (Lipinski definition) is 2. The van der Waals surface area contributed by atoms with Gasteiger partial charge in [-0.1, -0.05) is 0 Å². The Kier molecular flexibility index (Phi) is 4.99. The van der Waals surface area contributed by atoms with Gasteiger partial charge in [0.05, 0.1) is 7.11 Å². The molecule has 1 aromatic rings. The van der Waals surface area contributed by atoms with Crippen LogP contribution in [0.2, 0.25) is 0 Å². The fraction of sp³-hybridized carbons (Fsp3) is 0.455. The van der Waals surface area contributed by atoms with E-state index in [1.54, 1.807) is 13.2 Å². The van der Waals surface area contributed by atoms with E-state index in [4.69, 9.17) is 4.74 Å². The van der Waals surface area contributed by atoms with Gasteiger partial charge in [0, 0.05) is 31.2 Å². The standard InChI is InChI=1S/C11H15FN2O.ClH/c1-15-11-3-2-8(12)6-9(11)10-7-13-4-5-14-10;/h2-3,6,10,13-14H,4-5,7H2,1H3;1H/t10-;/m0./s1. The average Bonchev–Trinajstić information content (AvgIpc) is 2.30. The highest BCUT2D eigenvalue weighted by Gasteiger charge is 2.18. The molecule has 1 saturated heterocycles. The zero-order valence-electron chi connectivity index (χ0n) is 9.13. The van der Waals surface area contributed by atoms with Crippen LogP contribution in [-0.2, 0) is 0 Å². The van der Waals surface area contributed by atoms with Gasteiger partial charge in [0.2, 0.25) is 0 Å². The van der Waals surface area contributed by atoms with Gasteiger partial charge in [-0.15, -0.1) is 12.4 Å². The van der Waals surface area contributed by atoms with Crippen LogP contribution in [-0.4, -0.2) is 26.7 Å². The second kappa shape index (κ2) is 6.03. The van der Waals surface area contributed by atoms with E-state index < -0.39 is 0 Å². The molecule has 1 aliphatic heterocycles. The van der Waals surface area contributed by atoms with E-state index in [2.05, 4.69) is 10.6 Å². The fourth-order valence-electron chi connectivity index (χ4n) is 1.85. The average molecular weight is 247 g/mol. The molecule has 0 aliphatic carbocycles. The molecule has 1 atom stereocenters. The first-order valence-corrected chi connectivity index (χ1v) is 5.09. The summed E-state index contributed by atoms with van der Waals surface area (Å²) in [5, 5.41) is 6.59. The lowest BCUT2D eigenvalue weighted by Gasteiger charge is -2.26. The van der Waals surface area contributed by atoms with Crippen molar-refractivity contribution in [3.63, 3.8) is 0 Å². The molecule has 16 heavy (non-hydrogen) atoms. The predicted octanol–water partition coefficient (Wildman–Crippen LogP) is 1.49. The summed E-state index contributed by atoms with van der Waals surface area (Å²) >= 11 is 0. The van der Waals surface area contributed by atoms with Gasteiger partial charge in [0.25, 0.3) is 0 Å². The van der Waals surface area contributed by atoms with Gasteiger partial charge in [-0.25, -0.2) is 4.39 Å². The lowest BCUT2D eigenvalue weighted by atomic mass is 10.0. The Morgan fingerprint density at radius 3 is 2.81 bits per heavy atom. The van der Waals surface area contributed by atoms with Crippen molar-refractivity contribution in [1.82, 2.24) is 10.6 Å². The molecule has 5 heteroatoms. The third-order valence-corrected chi connectivity index (χ3v) is 2.61. The van der Waals surface area contributed by atoms with E-state index in [9.17, 15) is 4.39 Å². The monoisotopic (exact) mass is 246 g/mol. The first kappa shape index (κ1) is 13.2. The number of ether oxygens (including phenoxy) is 1. The van der Waals surface area contributed by atoms with Crippen molar-refractivity contribution in [3.05, 3.63) is 29.6 Å². The van der Waals surface area contributed by atoms with Crippen molar-refractivity contribution in [2.45, 2.75) is 6.04 Å². The van der Waals surface area contributed by atoms with Gasteiger partial charge >= 0.3 is 0 Å². The van der Waals surface area contributed by atoms with Crippen LogP contribution in [0.15, 0.2) is 18.2 Å². The van der Waals surface area contributed by atoms with Crippen LogP contribution in [0.4, 0.5) is 4.39 Å². The summed E-state index contributed by atoms with van der Waals surface area (Å²) in [5.74, 6) is 0.510. The van der Waals surface area contributed by atoms with Crippen LogP contribution in [0.25, 0.3) is 0 Å². The van der Waals surface area contributed by atoms with Gasteiger partial charge in [0.1, 0.15) is 11.6 Å². The maximum absolute atomic E-state index is 13.1. The van der Waals surface area contributed by atoms with Crippen molar-refractivity contribution in [2.24, 2.45) is 0 Å². The largest absolute Gasteiger partial charge is 0.496 e. The van der Waals surface area contributed by atoms with Crippen molar-refractivity contribution in [3.8, 4) is 5.75 Å². The predicted molar refractivity (Wildman–Crippen MR) is 63.8 cm³/mol. The molecule has 1 fully saturated rings. The van der Waals surface area contributed by atoms with Crippen molar-refractivity contribution >= 4 is 12.4 Å². The van der Waals surface area contributed by atoms with E-state index in [1.807, 2.05) is 0 Å². The first-order chi connectivity index (χ1) is 7.31. The molecule has 0 bridgehead atoms. The molecular weight excluding hydrogens is 231 g/mol. The Bertz CT molecular complexity index is 343. The molecular formula is C11H16ClFN2O. The molecule has 0 amide bonds. The smallest absolute Gasteiger partial charge is 0.123 e. The lowest BCUT2D eigenvalue weighted by molar-refractivity contribution is 0.380. The Balaban J connectivity index is 0.00000128. The quantitative estimate of drug-likeness (QED) is 0.830. The maximum atomic E-state index is 13.1. The minimum Gasteiger partial charge on any atom is -0.496 e. The molecule has 0 saturated carbocycles. The molecule has 1 heterocycles. The maximum Gasteiger partial charge on any atom is 0.123 e. The summed E-state index contributed by atoms with van der Waals surface area (Å²) in [6.45, 7) is 2.65. The summed E-state index contributed by atoms with van der Waals surface area (Å²) in [6.07, 6.45) is 0. The van der Waals surface area contributed by atoms with Crippen LogP contribution in [0.3, 0.4) is 0 Å². The number of hydrogen-bond acceptors (Lipinski definition) is 3. The van der Waals surface area contributed by atoms with Crippen molar-refractivity contribution < 1.29 is 9.13 Å². The summed E-state index contributed by atoms with van der Waals surface area (Å²) < 4.78 is 18.4. The second-order valence-corrected chi connectivity index (χ2v) is 3.60. The van der Waals surface area contributed by atoms with E-state index in [0.717, 1.165) is 30.9 Å². The van der Waals surface area contributed by atoms with E-state index in [-0.39, 0.29) is 24.3 Å². The summed E-state index contributed by atoms with van der Waals surface area (Å²) in [6, 6.07) is 4.74. The zero-order valence-corrected chi connectivity index (χ0v) is 9.94. The Morgan fingerprint density at radius 2 is 2.19 bits per heavy atom. The first-order valence-electron chi connectivity index (χ1n) is 5.09. The van der Waals surface area contributed by atoms with Crippen LogP contribution < -0.4 is 15.4 Å². The topological polar surface area (TPSA) is 33.3 Å². The molecule has 2 N–H and O–H groups in total. The molecule has 3 nitrogen and oxygen atoms in total. The van der Waals surface area contributed by atoms with Gasteiger partial charge in [-0.05, 0) is 18.2 Å². The van der Waals surface area contributed by atoms with Gasteiger partial charge in [-0.3, -0.25) is 0 Å². The van der Waals surface area contributed by atoms with Crippen LogP contribution in [0.5, 0.6) is 5.75 Å². The number of piperazine rings is 1. The SMILES string of the molecule is COc1ccc(F)cc1[C@@H]1CNCCN1.Cl. The minimum atomic E-state index is -0.224. The molecule has 1 aromatic carbocycles. The zero-order chi connectivity index (χ0) is 10.7. The lowest BCUT2D eigenvalue weighted by Crippen LogP contribution is -2.42. The molecule has 0 unspecified atom stereocenters.